The van der Waals surface area contributed by atoms with Crippen LogP contribution in [0, 0.1) is 12.7 Å². The fourth-order valence-corrected chi connectivity index (χ4v) is 2.50. The summed E-state index contributed by atoms with van der Waals surface area (Å²) in [5.74, 6) is -0.199. The molecule has 0 aliphatic carbocycles. The molecule has 0 aliphatic rings. The molecule has 21 heavy (non-hydrogen) atoms. The Balaban J connectivity index is 2.33. The number of nitrogen functional groups attached to an aromatic ring is 1. The number of nitrogens with two attached hydrogens (primary N) is 1. The smallest absolute Gasteiger partial charge is 0.182 e. The van der Waals surface area contributed by atoms with Gasteiger partial charge in [-0.2, -0.15) is 0 Å². The molecule has 0 unspecified atom stereocenters. The van der Waals surface area contributed by atoms with Gasteiger partial charge in [0.05, 0.1) is 12.3 Å². The Hall–Kier alpha value is -2.03. The number of tetrazole rings is 1. The molecule has 0 spiro atoms. The molecular formula is C12H16FN5O2S. The second-order valence-electron chi connectivity index (χ2n) is 4.63. The van der Waals surface area contributed by atoms with E-state index in [4.69, 9.17) is 5.73 Å². The van der Waals surface area contributed by atoms with Crippen LogP contribution in [0.3, 0.4) is 0 Å². The zero-order chi connectivity index (χ0) is 15.6. The van der Waals surface area contributed by atoms with Crippen LogP contribution in [-0.2, 0) is 16.4 Å². The molecule has 0 saturated carbocycles. The second kappa shape index (κ2) is 5.76. The average Bonchev–Trinajstić information content (AvgIpc) is 2.90. The maximum Gasteiger partial charge on any atom is 0.182 e. The zero-order valence-electron chi connectivity index (χ0n) is 11.7. The summed E-state index contributed by atoms with van der Waals surface area (Å²) in [4.78, 5) is 0. The molecule has 0 aliphatic heterocycles. The normalized spacial score (nSPS) is 11.8. The van der Waals surface area contributed by atoms with Crippen LogP contribution in [0.1, 0.15) is 12.5 Å². The van der Waals surface area contributed by atoms with Crippen LogP contribution >= 0.6 is 0 Å². The first-order chi connectivity index (χ1) is 9.84. The molecule has 2 N–H and O–H groups in total. The van der Waals surface area contributed by atoms with Crippen molar-refractivity contribution in [1.82, 2.24) is 20.2 Å². The van der Waals surface area contributed by atoms with Gasteiger partial charge in [0, 0.05) is 22.6 Å². The minimum atomic E-state index is -3.13. The molecule has 9 heteroatoms. The SMILES string of the molecule is CCS(=O)(=O)CCn1nnnc1-c1cc(N)c(C)c(F)c1. The van der Waals surface area contributed by atoms with Crippen molar-refractivity contribution in [3.8, 4) is 11.4 Å². The van der Waals surface area contributed by atoms with Crippen molar-refractivity contribution in [1.29, 1.82) is 0 Å². The van der Waals surface area contributed by atoms with Crippen LogP contribution in [0.5, 0.6) is 0 Å². The molecule has 114 valence electrons. The van der Waals surface area contributed by atoms with Gasteiger partial charge in [-0.15, -0.1) is 5.10 Å². The van der Waals surface area contributed by atoms with Crippen molar-refractivity contribution in [3.63, 3.8) is 0 Å². The number of aromatic nitrogens is 4. The Morgan fingerprint density at radius 2 is 2.10 bits per heavy atom. The standard InChI is InChI=1S/C12H16FN5O2S/c1-3-21(19,20)5-4-18-12(15-16-17-18)9-6-10(13)8(2)11(14)7-9/h6-7H,3-5,14H2,1-2H3. The third-order valence-electron chi connectivity index (χ3n) is 3.23. The van der Waals surface area contributed by atoms with E-state index in [-0.39, 0.29) is 23.9 Å². The van der Waals surface area contributed by atoms with Crippen molar-refractivity contribution in [2.75, 3.05) is 17.2 Å². The van der Waals surface area contributed by atoms with Crippen LogP contribution in [0.2, 0.25) is 0 Å². The molecule has 2 aromatic rings. The summed E-state index contributed by atoms with van der Waals surface area (Å²) in [6.45, 7) is 3.25. The number of nitrogens with zero attached hydrogens (tertiary/aromatic N) is 4. The van der Waals surface area contributed by atoms with E-state index in [1.165, 1.54) is 10.7 Å². The third-order valence-corrected chi connectivity index (χ3v) is 4.91. The first-order valence-corrected chi connectivity index (χ1v) is 8.18. The lowest BCUT2D eigenvalue weighted by Gasteiger charge is -2.07. The van der Waals surface area contributed by atoms with Crippen LogP contribution in [0.25, 0.3) is 11.4 Å². The van der Waals surface area contributed by atoms with Gasteiger partial charge in [-0.3, -0.25) is 0 Å². The Labute approximate surface area is 121 Å². The highest BCUT2D eigenvalue weighted by molar-refractivity contribution is 7.91. The van der Waals surface area contributed by atoms with Crippen molar-refractivity contribution >= 4 is 15.5 Å². The highest BCUT2D eigenvalue weighted by Gasteiger charge is 2.15. The maximum atomic E-state index is 13.7. The second-order valence-corrected chi connectivity index (χ2v) is 7.11. The topological polar surface area (TPSA) is 104 Å². The summed E-state index contributed by atoms with van der Waals surface area (Å²) in [6.07, 6.45) is 0. The van der Waals surface area contributed by atoms with Gasteiger partial charge < -0.3 is 5.73 Å². The van der Waals surface area contributed by atoms with E-state index in [0.717, 1.165) is 0 Å². The molecule has 1 heterocycles. The lowest BCUT2D eigenvalue weighted by atomic mass is 10.1. The molecule has 1 aromatic carbocycles. The fraction of sp³-hybridized carbons (Fsp3) is 0.417. The molecule has 1 aromatic heterocycles. The van der Waals surface area contributed by atoms with Crippen LogP contribution in [-0.4, -0.2) is 40.1 Å². The van der Waals surface area contributed by atoms with Gasteiger partial charge in [0.1, 0.15) is 5.82 Å². The molecular weight excluding hydrogens is 297 g/mol. The maximum absolute atomic E-state index is 13.7. The van der Waals surface area contributed by atoms with Crippen molar-refractivity contribution in [2.45, 2.75) is 20.4 Å². The van der Waals surface area contributed by atoms with Crippen LogP contribution in [0.15, 0.2) is 12.1 Å². The van der Waals surface area contributed by atoms with E-state index in [0.29, 0.717) is 16.8 Å². The van der Waals surface area contributed by atoms with E-state index in [1.54, 1.807) is 19.9 Å². The summed E-state index contributed by atoms with van der Waals surface area (Å²) < 4.78 is 38.1. The molecule has 0 amide bonds. The molecule has 0 atom stereocenters. The van der Waals surface area contributed by atoms with Gasteiger partial charge in [-0.25, -0.2) is 17.5 Å². The summed E-state index contributed by atoms with van der Waals surface area (Å²) in [7, 11) is -3.13. The van der Waals surface area contributed by atoms with Gasteiger partial charge in [0.15, 0.2) is 15.7 Å². The molecule has 0 radical (unpaired) electrons. The quantitative estimate of drug-likeness (QED) is 0.819. The molecule has 0 saturated heterocycles. The van der Waals surface area contributed by atoms with Crippen molar-refractivity contribution < 1.29 is 12.8 Å². The molecule has 0 fully saturated rings. The minimum Gasteiger partial charge on any atom is -0.398 e. The van der Waals surface area contributed by atoms with E-state index in [2.05, 4.69) is 15.5 Å². The average molecular weight is 313 g/mol. The highest BCUT2D eigenvalue weighted by atomic mass is 32.2. The van der Waals surface area contributed by atoms with Gasteiger partial charge >= 0.3 is 0 Å². The Morgan fingerprint density at radius 3 is 2.71 bits per heavy atom. The van der Waals surface area contributed by atoms with E-state index in [9.17, 15) is 12.8 Å². The van der Waals surface area contributed by atoms with Gasteiger partial charge in [0.2, 0.25) is 0 Å². The Bertz CT molecular complexity index is 734. The Morgan fingerprint density at radius 1 is 1.38 bits per heavy atom. The van der Waals surface area contributed by atoms with Crippen LogP contribution < -0.4 is 5.73 Å². The largest absolute Gasteiger partial charge is 0.398 e. The number of hydrogen-bond donors (Lipinski definition) is 1. The number of hydrogen-bond acceptors (Lipinski definition) is 6. The summed E-state index contributed by atoms with van der Waals surface area (Å²) in [5, 5.41) is 11.1. The summed E-state index contributed by atoms with van der Waals surface area (Å²) in [5.41, 5.74) is 6.79. The fourth-order valence-electron chi connectivity index (χ4n) is 1.76. The van der Waals surface area contributed by atoms with Crippen LogP contribution in [0.4, 0.5) is 10.1 Å². The van der Waals surface area contributed by atoms with Crippen molar-refractivity contribution in [2.24, 2.45) is 0 Å². The van der Waals surface area contributed by atoms with Gasteiger partial charge in [-0.1, -0.05) is 6.92 Å². The number of aryl methyl sites for hydroxylation is 1. The number of rotatable bonds is 5. The number of sulfone groups is 1. The lowest BCUT2D eigenvalue weighted by Crippen LogP contribution is -2.16. The molecule has 0 bridgehead atoms. The molecule has 7 nitrogen and oxygen atoms in total. The van der Waals surface area contributed by atoms with Gasteiger partial charge in [-0.05, 0) is 29.5 Å². The third kappa shape index (κ3) is 3.35. The monoisotopic (exact) mass is 313 g/mol. The van der Waals surface area contributed by atoms with E-state index >= 15 is 0 Å². The number of halogens is 1. The first kappa shape index (κ1) is 15.4. The lowest BCUT2D eigenvalue weighted by molar-refractivity contribution is 0.577. The van der Waals surface area contributed by atoms with E-state index < -0.39 is 15.7 Å². The van der Waals surface area contributed by atoms with Gasteiger partial charge in [0.25, 0.3) is 0 Å². The number of anilines is 1. The predicted molar refractivity (Wildman–Crippen MR) is 76.7 cm³/mol. The Kier molecular flexibility index (Phi) is 4.21. The van der Waals surface area contributed by atoms with Crippen molar-refractivity contribution in [3.05, 3.63) is 23.5 Å². The first-order valence-electron chi connectivity index (χ1n) is 6.36. The highest BCUT2D eigenvalue weighted by Crippen LogP contribution is 2.24. The summed E-state index contributed by atoms with van der Waals surface area (Å²) in [6, 6.07) is 2.84. The zero-order valence-corrected chi connectivity index (χ0v) is 12.6. The predicted octanol–water partition coefficient (Wildman–Crippen LogP) is 0.805. The minimum absolute atomic E-state index is 0.0521. The van der Waals surface area contributed by atoms with E-state index in [1.807, 2.05) is 0 Å². The summed E-state index contributed by atoms with van der Waals surface area (Å²) >= 11 is 0. The molecule has 2 rings (SSSR count). The number of benzene rings is 1.